The van der Waals surface area contributed by atoms with Crippen LogP contribution in [0, 0.1) is 0 Å². The number of hydrogen-bond donors (Lipinski definition) is 0. The van der Waals surface area contributed by atoms with E-state index in [-0.39, 0.29) is 5.56 Å². The van der Waals surface area contributed by atoms with Crippen molar-refractivity contribution in [2.24, 2.45) is 0 Å². The molecule has 18 heavy (non-hydrogen) atoms. The predicted octanol–water partition coefficient (Wildman–Crippen LogP) is 4.13. The standard InChI is InChI=1S/C10H6F6O2/c1-2-6-3-7(17-9(11,12)13)5-8(4-6)18-10(14,15)16/h2-5H,1H2. The maximum absolute atomic E-state index is 11.9. The second-order valence-electron chi connectivity index (χ2n) is 3.04. The van der Waals surface area contributed by atoms with Crippen LogP contribution in [0.3, 0.4) is 0 Å². The summed E-state index contributed by atoms with van der Waals surface area (Å²) >= 11 is 0. The van der Waals surface area contributed by atoms with E-state index in [0.717, 1.165) is 18.2 Å². The maximum atomic E-state index is 11.9. The molecule has 0 aliphatic carbocycles. The van der Waals surface area contributed by atoms with Crippen molar-refractivity contribution < 1.29 is 35.8 Å². The SMILES string of the molecule is C=Cc1cc(OC(F)(F)F)cc(OC(F)(F)F)c1. The second kappa shape index (κ2) is 4.79. The summed E-state index contributed by atoms with van der Waals surface area (Å²) in [6, 6.07) is 2.24. The zero-order valence-electron chi connectivity index (χ0n) is 8.60. The molecule has 0 unspecified atom stereocenters. The summed E-state index contributed by atoms with van der Waals surface area (Å²) in [4.78, 5) is 0. The van der Waals surface area contributed by atoms with E-state index >= 15 is 0 Å². The normalized spacial score (nSPS) is 12.1. The van der Waals surface area contributed by atoms with Gasteiger partial charge in [0.15, 0.2) is 0 Å². The minimum absolute atomic E-state index is 0.00370. The molecule has 0 amide bonds. The van der Waals surface area contributed by atoms with Gasteiger partial charge in [0.1, 0.15) is 11.5 Å². The molecule has 8 heteroatoms. The van der Waals surface area contributed by atoms with Crippen LogP contribution in [-0.2, 0) is 0 Å². The van der Waals surface area contributed by atoms with Gasteiger partial charge in [-0.25, -0.2) is 0 Å². The Labute approximate surface area is 97.4 Å². The van der Waals surface area contributed by atoms with Crippen LogP contribution in [0.4, 0.5) is 26.3 Å². The zero-order chi connectivity index (χ0) is 14.0. The summed E-state index contributed by atoms with van der Waals surface area (Å²) < 4.78 is 78.6. The Morgan fingerprint density at radius 2 is 1.22 bits per heavy atom. The average molecular weight is 272 g/mol. The molecule has 100 valence electrons. The number of alkyl halides is 6. The molecular formula is C10H6F6O2. The molecule has 1 aromatic rings. The zero-order valence-corrected chi connectivity index (χ0v) is 8.60. The maximum Gasteiger partial charge on any atom is 0.573 e. The smallest absolute Gasteiger partial charge is 0.406 e. The Kier molecular flexibility index (Phi) is 3.78. The first-order valence-corrected chi connectivity index (χ1v) is 4.38. The van der Waals surface area contributed by atoms with Crippen LogP contribution in [0.15, 0.2) is 24.8 Å². The molecule has 0 heterocycles. The van der Waals surface area contributed by atoms with Gasteiger partial charge >= 0.3 is 12.7 Å². The van der Waals surface area contributed by atoms with Crippen LogP contribution in [0.5, 0.6) is 11.5 Å². The lowest BCUT2D eigenvalue weighted by molar-refractivity contribution is -0.276. The number of ether oxygens (including phenoxy) is 2. The monoisotopic (exact) mass is 272 g/mol. The largest absolute Gasteiger partial charge is 0.573 e. The molecule has 0 saturated heterocycles. The third-order valence-electron chi connectivity index (χ3n) is 1.61. The van der Waals surface area contributed by atoms with E-state index in [1.807, 2.05) is 0 Å². The first-order valence-electron chi connectivity index (χ1n) is 4.38. The van der Waals surface area contributed by atoms with Crippen molar-refractivity contribution >= 4 is 6.08 Å². The minimum Gasteiger partial charge on any atom is -0.406 e. The van der Waals surface area contributed by atoms with Crippen molar-refractivity contribution in [3.8, 4) is 11.5 Å². The fourth-order valence-corrected chi connectivity index (χ4v) is 1.10. The molecule has 2 nitrogen and oxygen atoms in total. The van der Waals surface area contributed by atoms with Crippen molar-refractivity contribution in [1.29, 1.82) is 0 Å². The van der Waals surface area contributed by atoms with Crippen molar-refractivity contribution in [3.63, 3.8) is 0 Å². The number of rotatable bonds is 3. The molecule has 0 spiro atoms. The molecule has 0 N–H and O–H groups in total. The Morgan fingerprint density at radius 3 is 1.50 bits per heavy atom. The Hall–Kier alpha value is -1.86. The quantitative estimate of drug-likeness (QED) is 0.770. The lowest BCUT2D eigenvalue weighted by Crippen LogP contribution is -2.19. The van der Waals surface area contributed by atoms with Gasteiger partial charge in [-0.15, -0.1) is 26.3 Å². The van der Waals surface area contributed by atoms with E-state index in [0.29, 0.717) is 6.07 Å². The summed E-state index contributed by atoms with van der Waals surface area (Å²) in [5.74, 6) is -1.64. The second-order valence-corrected chi connectivity index (χ2v) is 3.04. The third-order valence-corrected chi connectivity index (χ3v) is 1.61. The van der Waals surface area contributed by atoms with Crippen LogP contribution < -0.4 is 9.47 Å². The van der Waals surface area contributed by atoms with Crippen LogP contribution >= 0.6 is 0 Å². The summed E-state index contributed by atoms with van der Waals surface area (Å²) in [6.45, 7) is 3.23. The van der Waals surface area contributed by atoms with Crippen LogP contribution in [-0.4, -0.2) is 12.7 Å². The van der Waals surface area contributed by atoms with E-state index in [1.165, 1.54) is 0 Å². The summed E-state index contributed by atoms with van der Waals surface area (Å²) in [7, 11) is 0. The first-order chi connectivity index (χ1) is 8.09. The Morgan fingerprint density at radius 1 is 0.833 bits per heavy atom. The molecule has 0 aliphatic rings. The Bertz CT molecular complexity index is 401. The highest BCUT2D eigenvalue weighted by Crippen LogP contribution is 2.31. The average Bonchev–Trinajstić information content (AvgIpc) is 2.11. The van der Waals surface area contributed by atoms with Gasteiger partial charge in [0, 0.05) is 6.07 Å². The molecule has 1 rings (SSSR count). The first kappa shape index (κ1) is 14.2. The van der Waals surface area contributed by atoms with Gasteiger partial charge in [0.05, 0.1) is 0 Å². The highest BCUT2D eigenvalue weighted by Gasteiger charge is 2.33. The molecule has 0 fully saturated rings. The molecule has 0 radical (unpaired) electrons. The third kappa shape index (κ3) is 4.98. The van der Waals surface area contributed by atoms with Gasteiger partial charge in [-0.05, 0) is 17.7 Å². The van der Waals surface area contributed by atoms with Gasteiger partial charge in [-0.3, -0.25) is 0 Å². The molecule has 0 aliphatic heterocycles. The fraction of sp³-hybridized carbons (Fsp3) is 0.200. The number of hydrogen-bond acceptors (Lipinski definition) is 2. The van der Waals surface area contributed by atoms with Gasteiger partial charge in [0.25, 0.3) is 0 Å². The fourth-order valence-electron chi connectivity index (χ4n) is 1.10. The van der Waals surface area contributed by atoms with Gasteiger partial charge in [-0.1, -0.05) is 12.7 Å². The van der Waals surface area contributed by atoms with Crippen LogP contribution in [0.1, 0.15) is 5.56 Å². The minimum atomic E-state index is -5.00. The molecule has 0 saturated carbocycles. The van der Waals surface area contributed by atoms with E-state index in [9.17, 15) is 26.3 Å². The molecule has 0 atom stereocenters. The molecule has 1 aromatic carbocycles. The highest BCUT2D eigenvalue weighted by molar-refractivity contribution is 5.53. The summed E-state index contributed by atoms with van der Waals surface area (Å²) in [5.41, 5.74) is -0.00370. The highest BCUT2D eigenvalue weighted by atomic mass is 19.4. The summed E-state index contributed by atoms with van der Waals surface area (Å²) in [6.07, 6.45) is -8.95. The van der Waals surface area contributed by atoms with E-state index in [4.69, 9.17) is 0 Å². The van der Waals surface area contributed by atoms with Crippen LogP contribution in [0.25, 0.3) is 6.08 Å². The Balaban J connectivity index is 3.05. The van der Waals surface area contributed by atoms with Gasteiger partial charge in [0.2, 0.25) is 0 Å². The molecule has 0 aromatic heterocycles. The van der Waals surface area contributed by atoms with Crippen molar-refractivity contribution in [1.82, 2.24) is 0 Å². The number of benzene rings is 1. The topological polar surface area (TPSA) is 18.5 Å². The molecular weight excluding hydrogens is 266 g/mol. The lowest BCUT2D eigenvalue weighted by atomic mass is 10.2. The van der Waals surface area contributed by atoms with Gasteiger partial charge in [-0.2, -0.15) is 0 Å². The predicted molar refractivity (Wildman–Crippen MR) is 49.9 cm³/mol. The number of halogens is 6. The lowest BCUT2D eigenvalue weighted by Gasteiger charge is -2.13. The van der Waals surface area contributed by atoms with E-state index < -0.39 is 24.2 Å². The van der Waals surface area contributed by atoms with Crippen molar-refractivity contribution in [3.05, 3.63) is 30.3 Å². The molecule has 0 bridgehead atoms. The van der Waals surface area contributed by atoms with Crippen LogP contribution in [0.2, 0.25) is 0 Å². The van der Waals surface area contributed by atoms with Crippen molar-refractivity contribution in [2.75, 3.05) is 0 Å². The summed E-state index contributed by atoms with van der Waals surface area (Å²) in [5, 5.41) is 0. The van der Waals surface area contributed by atoms with E-state index in [2.05, 4.69) is 16.1 Å². The van der Waals surface area contributed by atoms with Gasteiger partial charge < -0.3 is 9.47 Å². The van der Waals surface area contributed by atoms with E-state index in [1.54, 1.807) is 0 Å². The van der Waals surface area contributed by atoms with Crippen molar-refractivity contribution in [2.45, 2.75) is 12.7 Å².